The molecular formula is C11H15NO3. The lowest BCUT2D eigenvalue weighted by atomic mass is 10.0. The Labute approximate surface area is 89.0 Å². The molecule has 0 aromatic heterocycles. The number of carbonyl (C=O) groups excluding carboxylic acids is 1. The third-order valence-corrected chi connectivity index (χ3v) is 2.22. The lowest BCUT2D eigenvalue weighted by Gasteiger charge is -2.13. The number of ether oxygens (including phenoxy) is 2. The molecule has 15 heavy (non-hydrogen) atoms. The van der Waals surface area contributed by atoms with Crippen LogP contribution in [-0.4, -0.2) is 26.5 Å². The highest BCUT2D eigenvalue weighted by Crippen LogP contribution is 2.33. The Balaban J connectivity index is 3.38. The zero-order chi connectivity index (χ0) is 11.4. The third kappa shape index (κ3) is 2.10. The maximum Gasteiger partial charge on any atom is 0.180 e. The summed E-state index contributed by atoms with van der Waals surface area (Å²) in [7, 11) is 3.04. The van der Waals surface area contributed by atoms with E-state index in [1.165, 1.54) is 14.2 Å². The van der Waals surface area contributed by atoms with E-state index in [9.17, 15) is 4.79 Å². The molecule has 0 aliphatic rings. The molecule has 4 heteroatoms. The van der Waals surface area contributed by atoms with Crippen LogP contribution in [0.25, 0.3) is 0 Å². The van der Waals surface area contributed by atoms with E-state index in [1.807, 2.05) is 13.0 Å². The predicted molar refractivity (Wildman–Crippen MR) is 57.7 cm³/mol. The third-order valence-electron chi connectivity index (χ3n) is 2.22. The Bertz CT molecular complexity index is 374. The standard InChI is InChI=1S/C11H15NO3/c1-7-4-5-9(14-2)11(15-3)10(7)8(13)6-12/h4-5H,6,12H2,1-3H3. The number of carbonyl (C=O) groups is 1. The molecule has 0 saturated carbocycles. The van der Waals surface area contributed by atoms with Crippen molar-refractivity contribution in [2.45, 2.75) is 6.92 Å². The summed E-state index contributed by atoms with van der Waals surface area (Å²) in [4.78, 5) is 11.6. The minimum Gasteiger partial charge on any atom is -0.493 e. The quantitative estimate of drug-likeness (QED) is 0.756. The predicted octanol–water partition coefficient (Wildman–Crippen LogP) is 1.15. The van der Waals surface area contributed by atoms with Gasteiger partial charge in [-0.15, -0.1) is 0 Å². The van der Waals surface area contributed by atoms with Crippen LogP contribution in [0.2, 0.25) is 0 Å². The van der Waals surface area contributed by atoms with Gasteiger partial charge in [0, 0.05) is 0 Å². The Morgan fingerprint density at radius 3 is 2.47 bits per heavy atom. The van der Waals surface area contributed by atoms with Crippen LogP contribution in [-0.2, 0) is 0 Å². The van der Waals surface area contributed by atoms with E-state index >= 15 is 0 Å². The molecule has 0 amide bonds. The van der Waals surface area contributed by atoms with Crippen LogP contribution >= 0.6 is 0 Å². The topological polar surface area (TPSA) is 61.5 Å². The molecule has 0 radical (unpaired) electrons. The Kier molecular flexibility index (Phi) is 3.68. The maximum absolute atomic E-state index is 11.6. The van der Waals surface area contributed by atoms with Crippen LogP contribution < -0.4 is 15.2 Å². The van der Waals surface area contributed by atoms with Crippen molar-refractivity contribution >= 4 is 5.78 Å². The van der Waals surface area contributed by atoms with Gasteiger partial charge in [0.15, 0.2) is 17.3 Å². The van der Waals surface area contributed by atoms with Crippen molar-refractivity contribution in [2.24, 2.45) is 5.73 Å². The number of hydrogen-bond donors (Lipinski definition) is 1. The molecule has 0 heterocycles. The van der Waals surface area contributed by atoms with Gasteiger partial charge in [0.05, 0.1) is 26.3 Å². The van der Waals surface area contributed by atoms with E-state index in [0.717, 1.165) is 5.56 Å². The normalized spacial score (nSPS) is 9.87. The fraction of sp³-hybridized carbons (Fsp3) is 0.364. The summed E-state index contributed by atoms with van der Waals surface area (Å²) in [6.45, 7) is 1.80. The van der Waals surface area contributed by atoms with Crippen molar-refractivity contribution in [3.63, 3.8) is 0 Å². The van der Waals surface area contributed by atoms with Gasteiger partial charge in [0.25, 0.3) is 0 Å². The molecule has 0 unspecified atom stereocenters. The monoisotopic (exact) mass is 209 g/mol. The van der Waals surface area contributed by atoms with Gasteiger partial charge in [-0.25, -0.2) is 0 Å². The average molecular weight is 209 g/mol. The summed E-state index contributed by atoms with van der Waals surface area (Å²) in [6, 6.07) is 3.58. The van der Waals surface area contributed by atoms with E-state index in [1.54, 1.807) is 6.07 Å². The SMILES string of the molecule is COc1ccc(C)c(C(=O)CN)c1OC. The Morgan fingerprint density at radius 1 is 1.33 bits per heavy atom. The molecule has 1 rings (SSSR count). The molecule has 0 atom stereocenters. The first kappa shape index (κ1) is 11.5. The number of methoxy groups -OCH3 is 2. The Hall–Kier alpha value is -1.55. The van der Waals surface area contributed by atoms with Crippen LogP contribution in [0, 0.1) is 6.92 Å². The molecule has 0 spiro atoms. The first-order valence-corrected chi connectivity index (χ1v) is 4.60. The minimum absolute atomic E-state index is 0.0373. The molecule has 0 bridgehead atoms. The Morgan fingerprint density at radius 2 is 2.00 bits per heavy atom. The van der Waals surface area contributed by atoms with Gasteiger partial charge in [0.1, 0.15) is 0 Å². The van der Waals surface area contributed by atoms with Crippen LogP contribution in [0.1, 0.15) is 15.9 Å². The van der Waals surface area contributed by atoms with Gasteiger partial charge >= 0.3 is 0 Å². The molecule has 1 aromatic carbocycles. The van der Waals surface area contributed by atoms with Crippen molar-refractivity contribution in [2.75, 3.05) is 20.8 Å². The number of aryl methyl sites for hydroxylation is 1. The zero-order valence-electron chi connectivity index (χ0n) is 9.16. The second kappa shape index (κ2) is 4.79. The van der Waals surface area contributed by atoms with Crippen molar-refractivity contribution < 1.29 is 14.3 Å². The van der Waals surface area contributed by atoms with Crippen molar-refractivity contribution in [1.82, 2.24) is 0 Å². The number of rotatable bonds is 4. The number of hydrogen-bond acceptors (Lipinski definition) is 4. The van der Waals surface area contributed by atoms with Gasteiger partial charge in [-0.3, -0.25) is 4.79 Å². The number of ketones is 1. The molecule has 82 valence electrons. The van der Waals surface area contributed by atoms with Crippen LogP contribution in [0.5, 0.6) is 11.5 Å². The smallest absolute Gasteiger partial charge is 0.180 e. The summed E-state index contributed by atoms with van der Waals surface area (Å²) >= 11 is 0. The fourth-order valence-electron chi connectivity index (χ4n) is 1.47. The zero-order valence-corrected chi connectivity index (χ0v) is 9.16. The van der Waals surface area contributed by atoms with Gasteiger partial charge in [-0.1, -0.05) is 6.07 Å². The lowest BCUT2D eigenvalue weighted by Crippen LogP contribution is -2.16. The van der Waals surface area contributed by atoms with Crippen molar-refractivity contribution in [3.05, 3.63) is 23.3 Å². The van der Waals surface area contributed by atoms with Crippen molar-refractivity contribution in [1.29, 1.82) is 0 Å². The van der Waals surface area contributed by atoms with Crippen LogP contribution in [0.4, 0.5) is 0 Å². The van der Waals surface area contributed by atoms with Gasteiger partial charge in [0.2, 0.25) is 0 Å². The maximum atomic E-state index is 11.6. The second-order valence-corrected chi connectivity index (χ2v) is 3.12. The molecule has 0 aliphatic heterocycles. The summed E-state index contributed by atoms with van der Waals surface area (Å²) in [6.07, 6.45) is 0. The summed E-state index contributed by atoms with van der Waals surface area (Å²) in [5, 5.41) is 0. The summed E-state index contributed by atoms with van der Waals surface area (Å²) < 4.78 is 10.3. The highest BCUT2D eigenvalue weighted by Gasteiger charge is 2.17. The molecular weight excluding hydrogens is 194 g/mol. The highest BCUT2D eigenvalue weighted by molar-refractivity contribution is 6.02. The molecule has 1 aromatic rings. The average Bonchev–Trinajstić information content (AvgIpc) is 2.27. The first-order chi connectivity index (χ1) is 7.15. The molecule has 0 saturated heterocycles. The molecule has 4 nitrogen and oxygen atoms in total. The largest absolute Gasteiger partial charge is 0.493 e. The van der Waals surface area contributed by atoms with E-state index in [-0.39, 0.29) is 12.3 Å². The lowest BCUT2D eigenvalue weighted by molar-refractivity contribution is 0.0997. The van der Waals surface area contributed by atoms with Gasteiger partial charge < -0.3 is 15.2 Å². The van der Waals surface area contributed by atoms with Gasteiger partial charge in [-0.05, 0) is 18.6 Å². The molecule has 0 aliphatic carbocycles. The van der Waals surface area contributed by atoms with E-state index in [2.05, 4.69) is 0 Å². The van der Waals surface area contributed by atoms with E-state index < -0.39 is 0 Å². The van der Waals surface area contributed by atoms with E-state index in [4.69, 9.17) is 15.2 Å². The number of Topliss-reactive ketones (excluding diaryl/α,β-unsaturated/α-hetero) is 1. The minimum atomic E-state index is -0.150. The summed E-state index contributed by atoms with van der Waals surface area (Å²) in [5.74, 6) is 0.844. The molecule has 0 fully saturated rings. The number of benzene rings is 1. The van der Waals surface area contributed by atoms with Crippen molar-refractivity contribution in [3.8, 4) is 11.5 Å². The van der Waals surface area contributed by atoms with E-state index in [0.29, 0.717) is 17.1 Å². The highest BCUT2D eigenvalue weighted by atomic mass is 16.5. The first-order valence-electron chi connectivity index (χ1n) is 4.60. The van der Waals surface area contributed by atoms with Gasteiger partial charge in [-0.2, -0.15) is 0 Å². The van der Waals surface area contributed by atoms with Crippen LogP contribution in [0.15, 0.2) is 12.1 Å². The van der Waals surface area contributed by atoms with Crippen LogP contribution in [0.3, 0.4) is 0 Å². The number of nitrogens with two attached hydrogens (primary N) is 1. The summed E-state index contributed by atoms with van der Waals surface area (Å²) in [5.41, 5.74) is 6.68. The fourth-order valence-corrected chi connectivity index (χ4v) is 1.47. The molecule has 2 N–H and O–H groups in total. The second-order valence-electron chi connectivity index (χ2n) is 3.12.